The van der Waals surface area contributed by atoms with Gasteiger partial charge in [-0.15, -0.1) is 0 Å². The smallest absolute Gasteiger partial charge is 0.251 e. The van der Waals surface area contributed by atoms with Crippen molar-refractivity contribution in [1.82, 2.24) is 10.3 Å². The molecule has 1 saturated carbocycles. The lowest BCUT2D eigenvalue weighted by molar-refractivity contribution is 0.0908. The van der Waals surface area contributed by atoms with Gasteiger partial charge in [0.25, 0.3) is 5.91 Å². The Morgan fingerprint density at radius 3 is 2.94 bits per heavy atom. The molecular formula is C12H15FN2O. The van der Waals surface area contributed by atoms with E-state index in [1.54, 1.807) is 0 Å². The summed E-state index contributed by atoms with van der Waals surface area (Å²) in [5.41, 5.74) is 0.332. The largest absolute Gasteiger partial charge is 0.349 e. The Morgan fingerprint density at radius 1 is 1.62 bits per heavy atom. The van der Waals surface area contributed by atoms with Crippen LogP contribution in [0.3, 0.4) is 0 Å². The monoisotopic (exact) mass is 222 g/mol. The third-order valence-corrected chi connectivity index (χ3v) is 3.20. The normalized spacial score (nSPS) is 17.6. The van der Waals surface area contributed by atoms with E-state index in [-0.39, 0.29) is 11.9 Å². The molecule has 0 aliphatic heterocycles. The minimum absolute atomic E-state index is 0.164. The molecule has 3 nitrogen and oxygen atoms in total. The Hall–Kier alpha value is -1.45. The maximum absolute atomic E-state index is 12.8. The zero-order chi connectivity index (χ0) is 11.5. The van der Waals surface area contributed by atoms with E-state index >= 15 is 0 Å². The van der Waals surface area contributed by atoms with Gasteiger partial charge in [-0.05, 0) is 31.7 Å². The predicted octanol–water partition coefficient (Wildman–Crippen LogP) is 2.14. The van der Waals surface area contributed by atoms with E-state index in [0.717, 1.165) is 6.07 Å². The van der Waals surface area contributed by atoms with Crippen molar-refractivity contribution in [2.75, 3.05) is 0 Å². The first-order chi connectivity index (χ1) is 7.66. The quantitative estimate of drug-likeness (QED) is 0.796. The Balaban J connectivity index is 1.96. The molecule has 1 N–H and O–H groups in total. The van der Waals surface area contributed by atoms with Crippen molar-refractivity contribution in [2.45, 2.75) is 32.2 Å². The number of nitrogens with zero attached hydrogens (tertiary/aromatic N) is 1. The fourth-order valence-corrected chi connectivity index (χ4v) is 1.89. The Morgan fingerprint density at radius 2 is 2.38 bits per heavy atom. The molecule has 0 aromatic carbocycles. The number of hydrogen-bond donors (Lipinski definition) is 1. The molecule has 1 heterocycles. The van der Waals surface area contributed by atoms with Crippen LogP contribution in [-0.2, 0) is 0 Å². The standard InChI is InChI=1S/C12H15FN2O/c1-8(9-3-2-4-9)15-12(16)10-5-6-14-11(13)7-10/h5-9H,2-4H2,1H3,(H,15,16). The van der Waals surface area contributed by atoms with Crippen molar-refractivity contribution in [2.24, 2.45) is 5.92 Å². The first-order valence-electron chi connectivity index (χ1n) is 5.59. The van der Waals surface area contributed by atoms with Crippen molar-refractivity contribution in [3.63, 3.8) is 0 Å². The van der Waals surface area contributed by atoms with E-state index in [0.29, 0.717) is 11.5 Å². The molecule has 0 spiro atoms. The highest BCUT2D eigenvalue weighted by Crippen LogP contribution is 2.29. The Bertz CT molecular complexity index is 390. The van der Waals surface area contributed by atoms with Crippen LogP contribution in [0.1, 0.15) is 36.5 Å². The zero-order valence-corrected chi connectivity index (χ0v) is 9.24. The van der Waals surface area contributed by atoms with Gasteiger partial charge in [-0.2, -0.15) is 4.39 Å². The summed E-state index contributed by atoms with van der Waals surface area (Å²) in [6.45, 7) is 2.00. The van der Waals surface area contributed by atoms with E-state index in [9.17, 15) is 9.18 Å². The molecule has 1 aromatic rings. The molecule has 2 rings (SSSR count). The van der Waals surface area contributed by atoms with E-state index in [1.807, 2.05) is 6.92 Å². The highest BCUT2D eigenvalue weighted by Gasteiger charge is 2.25. The average Bonchev–Trinajstić information content (AvgIpc) is 2.14. The number of carbonyl (C=O) groups excluding carboxylic acids is 1. The average molecular weight is 222 g/mol. The van der Waals surface area contributed by atoms with Gasteiger partial charge in [0.15, 0.2) is 0 Å². The van der Waals surface area contributed by atoms with E-state index in [4.69, 9.17) is 0 Å². The van der Waals surface area contributed by atoms with Crippen molar-refractivity contribution in [3.05, 3.63) is 29.8 Å². The third-order valence-electron chi connectivity index (χ3n) is 3.20. The molecule has 1 aliphatic carbocycles. The molecule has 86 valence electrons. The fraction of sp³-hybridized carbons (Fsp3) is 0.500. The van der Waals surface area contributed by atoms with E-state index < -0.39 is 5.95 Å². The second-order valence-electron chi connectivity index (χ2n) is 4.32. The van der Waals surface area contributed by atoms with Gasteiger partial charge in [0.1, 0.15) is 0 Å². The number of pyridine rings is 1. The SMILES string of the molecule is CC(NC(=O)c1ccnc(F)c1)C1CCC1. The molecule has 1 amide bonds. The van der Waals surface area contributed by atoms with Gasteiger partial charge in [-0.25, -0.2) is 4.98 Å². The summed E-state index contributed by atoms with van der Waals surface area (Å²) >= 11 is 0. The van der Waals surface area contributed by atoms with E-state index in [1.165, 1.54) is 31.5 Å². The van der Waals surface area contributed by atoms with Crippen LogP contribution in [0.15, 0.2) is 18.3 Å². The van der Waals surface area contributed by atoms with Crippen molar-refractivity contribution in [1.29, 1.82) is 0 Å². The van der Waals surface area contributed by atoms with Gasteiger partial charge in [0.2, 0.25) is 5.95 Å². The molecule has 1 aromatic heterocycles. The number of halogens is 1. The molecule has 1 unspecified atom stereocenters. The van der Waals surface area contributed by atoms with Gasteiger partial charge in [0.05, 0.1) is 0 Å². The molecule has 1 aliphatic rings. The highest BCUT2D eigenvalue weighted by molar-refractivity contribution is 5.94. The van der Waals surface area contributed by atoms with Crippen LogP contribution in [0.2, 0.25) is 0 Å². The van der Waals surface area contributed by atoms with E-state index in [2.05, 4.69) is 10.3 Å². The molecule has 16 heavy (non-hydrogen) atoms. The molecule has 1 fully saturated rings. The van der Waals surface area contributed by atoms with Crippen LogP contribution in [-0.4, -0.2) is 16.9 Å². The van der Waals surface area contributed by atoms with Crippen LogP contribution in [0, 0.1) is 11.9 Å². The molecule has 1 atom stereocenters. The lowest BCUT2D eigenvalue weighted by atomic mass is 9.80. The number of hydrogen-bond acceptors (Lipinski definition) is 2. The lowest BCUT2D eigenvalue weighted by Crippen LogP contribution is -2.40. The Kier molecular flexibility index (Phi) is 3.17. The number of aromatic nitrogens is 1. The maximum atomic E-state index is 12.8. The van der Waals surface area contributed by atoms with Crippen LogP contribution in [0.25, 0.3) is 0 Å². The number of rotatable bonds is 3. The number of amides is 1. The summed E-state index contributed by atoms with van der Waals surface area (Å²) in [6, 6.07) is 2.84. The summed E-state index contributed by atoms with van der Waals surface area (Å²) in [7, 11) is 0. The van der Waals surface area contributed by atoms with Gasteiger partial charge in [-0.3, -0.25) is 4.79 Å². The van der Waals surface area contributed by atoms with Crippen LogP contribution < -0.4 is 5.32 Å². The van der Waals surface area contributed by atoms with Gasteiger partial charge < -0.3 is 5.32 Å². The molecule has 0 saturated heterocycles. The summed E-state index contributed by atoms with van der Waals surface area (Å²) in [4.78, 5) is 15.2. The van der Waals surface area contributed by atoms with Gasteiger partial charge in [0, 0.05) is 23.9 Å². The minimum Gasteiger partial charge on any atom is -0.349 e. The third kappa shape index (κ3) is 2.38. The summed E-state index contributed by atoms with van der Waals surface area (Å²) < 4.78 is 12.8. The second-order valence-corrected chi connectivity index (χ2v) is 4.32. The second kappa shape index (κ2) is 4.60. The van der Waals surface area contributed by atoms with Crippen molar-refractivity contribution >= 4 is 5.91 Å². The van der Waals surface area contributed by atoms with Gasteiger partial charge >= 0.3 is 0 Å². The van der Waals surface area contributed by atoms with Crippen LogP contribution in [0.5, 0.6) is 0 Å². The first kappa shape index (κ1) is 11.0. The number of nitrogens with one attached hydrogen (secondary N) is 1. The van der Waals surface area contributed by atoms with Crippen molar-refractivity contribution in [3.8, 4) is 0 Å². The van der Waals surface area contributed by atoms with Crippen molar-refractivity contribution < 1.29 is 9.18 Å². The van der Waals surface area contributed by atoms with Crippen LogP contribution >= 0.6 is 0 Å². The predicted molar refractivity (Wildman–Crippen MR) is 58.5 cm³/mol. The fourth-order valence-electron chi connectivity index (χ4n) is 1.89. The molecular weight excluding hydrogens is 207 g/mol. The lowest BCUT2D eigenvalue weighted by Gasteiger charge is -2.31. The first-order valence-corrected chi connectivity index (χ1v) is 5.59. The van der Waals surface area contributed by atoms with Gasteiger partial charge in [-0.1, -0.05) is 6.42 Å². The minimum atomic E-state index is -0.621. The summed E-state index contributed by atoms with van der Waals surface area (Å²) in [5.74, 6) is -0.264. The zero-order valence-electron chi connectivity index (χ0n) is 9.24. The number of carbonyl (C=O) groups is 1. The summed E-state index contributed by atoms with van der Waals surface area (Å²) in [5, 5.41) is 2.89. The maximum Gasteiger partial charge on any atom is 0.251 e. The van der Waals surface area contributed by atoms with Crippen LogP contribution in [0.4, 0.5) is 4.39 Å². The highest BCUT2D eigenvalue weighted by atomic mass is 19.1. The Labute approximate surface area is 94.1 Å². The summed E-state index contributed by atoms with van der Waals surface area (Å²) in [6.07, 6.45) is 4.89. The molecule has 0 radical (unpaired) electrons. The topological polar surface area (TPSA) is 42.0 Å². The molecule has 0 bridgehead atoms. The molecule has 4 heteroatoms.